The van der Waals surface area contributed by atoms with Crippen molar-refractivity contribution in [3.8, 4) is 0 Å². The zero-order valence-electron chi connectivity index (χ0n) is 17.2. The van der Waals surface area contributed by atoms with E-state index in [1.807, 2.05) is 0 Å². The van der Waals surface area contributed by atoms with Crippen LogP contribution in [0, 0.1) is 0 Å². The predicted molar refractivity (Wildman–Crippen MR) is 101 cm³/mol. The predicted octanol–water partition coefficient (Wildman–Crippen LogP) is -2.40. The third kappa shape index (κ3) is 6.30. The molecule has 0 saturated carbocycles. The molecular formula is C19H36O11. The Hall–Kier alpha value is -0.440. The highest BCUT2D eigenvalue weighted by Gasteiger charge is 2.53. The van der Waals surface area contributed by atoms with Gasteiger partial charge in [-0.2, -0.15) is 0 Å². The molecule has 0 aromatic rings. The number of hydrogen-bond donors (Lipinski definition) is 7. The van der Waals surface area contributed by atoms with Crippen LogP contribution in [0.4, 0.5) is 0 Å². The minimum atomic E-state index is -1.92. The molecular weight excluding hydrogens is 404 g/mol. The van der Waals surface area contributed by atoms with Crippen LogP contribution in [0.3, 0.4) is 0 Å². The van der Waals surface area contributed by atoms with Crippen LogP contribution >= 0.6 is 0 Å². The summed E-state index contributed by atoms with van der Waals surface area (Å²) in [4.78, 5) is 0. The van der Waals surface area contributed by atoms with Crippen molar-refractivity contribution >= 4 is 0 Å². The highest BCUT2D eigenvalue weighted by molar-refractivity contribution is 4.96. The van der Waals surface area contributed by atoms with E-state index < -0.39 is 74.6 Å². The van der Waals surface area contributed by atoms with E-state index in [1.54, 1.807) is 0 Å². The summed E-state index contributed by atoms with van der Waals surface area (Å²) in [5.74, 6) is 0. The Balaban J connectivity index is 1.97. The van der Waals surface area contributed by atoms with E-state index in [2.05, 4.69) is 6.92 Å². The zero-order valence-corrected chi connectivity index (χ0v) is 17.2. The van der Waals surface area contributed by atoms with Gasteiger partial charge in [-0.1, -0.05) is 26.2 Å². The van der Waals surface area contributed by atoms with Crippen molar-refractivity contribution in [3.63, 3.8) is 0 Å². The Morgan fingerprint density at radius 1 is 1.07 bits per heavy atom. The summed E-state index contributed by atoms with van der Waals surface area (Å²) in [5.41, 5.74) is -1.92. The Kier molecular flexibility index (Phi) is 10.3. The molecule has 2 saturated heterocycles. The fourth-order valence-electron chi connectivity index (χ4n) is 3.49. The van der Waals surface area contributed by atoms with Crippen molar-refractivity contribution in [3.05, 3.63) is 0 Å². The van der Waals surface area contributed by atoms with Gasteiger partial charge in [-0.3, -0.25) is 0 Å². The first-order chi connectivity index (χ1) is 14.3. The average molecular weight is 440 g/mol. The number of rotatable bonds is 12. The molecule has 9 atom stereocenters. The second-order valence-corrected chi connectivity index (χ2v) is 8.00. The smallest absolute Gasteiger partial charge is 0.187 e. The van der Waals surface area contributed by atoms with Gasteiger partial charge in [-0.15, -0.1) is 0 Å². The van der Waals surface area contributed by atoms with Gasteiger partial charge in [-0.05, 0) is 12.8 Å². The van der Waals surface area contributed by atoms with Crippen molar-refractivity contribution in [1.29, 1.82) is 0 Å². The third-order valence-electron chi connectivity index (χ3n) is 5.57. The van der Waals surface area contributed by atoms with Crippen molar-refractivity contribution in [1.82, 2.24) is 0 Å². The molecule has 0 aromatic heterocycles. The van der Waals surface area contributed by atoms with E-state index in [-0.39, 0.29) is 6.61 Å². The van der Waals surface area contributed by atoms with Gasteiger partial charge in [0, 0.05) is 0 Å². The number of hydrogen-bond acceptors (Lipinski definition) is 11. The van der Waals surface area contributed by atoms with Crippen LogP contribution < -0.4 is 0 Å². The van der Waals surface area contributed by atoms with Crippen molar-refractivity contribution in [2.45, 2.75) is 93.8 Å². The minimum absolute atomic E-state index is 0.0629. The lowest BCUT2D eigenvalue weighted by molar-refractivity contribution is -0.336. The van der Waals surface area contributed by atoms with Crippen LogP contribution in [0.15, 0.2) is 0 Å². The van der Waals surface area contributed by atoms with Crippen LogP contribution in [-0.2, 0) is 18.9 Å². The molecule has 2 rings (SSSR count). The van der Waals surface area contributed by atoms with Gasteiger partial charge in [0.15, 0.2) is 12.6 Å². The molecule has 2 aliphatic rings. The van der Waals surface area contributed by atoms with Crippen LogP contribution in [0.5, 0.6) is 0 Å². The molecule has 11 heteroatoms. The number of aliphatic hydroxyl groups excluding tert-OH is 6. The second kappa shape index (κ2) is 12.0. The SMILES string of the molecule is CCCCCC(O)CCOC1OC(CO)C(O)C(O)C1OC1OCC(O)(CO)C1O. The molecule has 0 radical (unpaired) electrons. The van der Waals surface area contributed by atoms with Gasteiger partial charge in [0.05, 0.1) is 32.5 Å². The summed E-state index contributed by atoms with van der Waals surface area (Å²) in [6.07, 6.45) is -6.40. The van der Waals surface area contributed by atoms with E-state index in [0.29, 0.717) is 12.8 Å². The highest BCUT2D eigenvalue weighted by atomic mass is 16.8. The van der Waals surface area contributed by atoms with Crippen molar-refractivity contribution in [2.24, 2.45) is 0 Å². The van der Waals surface area contributed by atoms with Crippen LogP contribution in [0.25, 0.3) is 0 Å². The van der Waals surface area contributed by atoms with Gasteiger partial charge < -0.3 is 54.7 Å². The largest absolute Gasteiger partial charge is 0.394 e. The monoisotopic (exact) mass is 440 g/mol. The molecule has 178 valence electrons. The topological polar surface area (TPSA) is 179 Å². The molecule has 0 bridgehead atoms. The quantitative estimate of drug-likeness (QED) is 0.161. The summed E-state index contributed by atoms with van der Waals surface area (Å²) in [6, 6.07) is 0. The Labute approximate surface area is 175 Å². The average Bonchev–Trinajstić information content (AvgIpc) is 3.02. The highest BCUT2D eigenvalue weighted by Crippen LogP contribution is 2.31. The maximum atomic E-state index is 10.5. The van der Waals surface area contributed by atoms with E-state index in [1.165, 1.54) is 0 Å². The number of ether oxygens (including phenoxy) is 4. The summed E-state index contributed by atoms with van der Waals surface area (Å²) in [7, 11) is 0. The normalized spacial score (nSPS) is 40.6. The van der Waals surface area contributed by atoms with Crippen LogP contribution in [-0.4, -0.2) is 117 Å². The molecule has 2 fully saturated rings. The fourth-order valence-corrected chi connectivity index (χ4v) is 3.49. The summed E-state index contributed by atoms with van der Waals surface area (Å²) in [5, 5.41) is 69.5. The van der Waals surface area contributed by atoms with E-state index in [0.717, 1.165) is 19.3 Å². The molecule has 11 nitrogen and oxygen atoms in total. The first kappa shape index (κ1) is 25.8. The molecule has 9 unspecified atom stereocenters. The van der Waals surface area contributed by atoms with E-state index >= 15 is 0 Å². The Morgan fingerprint density at radius 3 is 2.40 bits per heavy atom. The first-order valence-electron chi connectivity index (χ1n) is 10.5. The van der Waals surface area contributed by atoms with E-state index in [9.17, 15) is 35.7 Å². The fraction of sp³-hybridized carbons (Fsp3) is 1.00. The standard InChI is InChI=1S/C19H36O11/c1-2-3-4-5-11(22)6-7-27-17-15(14(24)13(23)12(8-20)29-17)30-18-16(25)19(26,9-21)10-28-18/h11-18,20-26H,2-10H2,1H3. The molecule has 0 aromatic carbocycles. The van der Waals surface area contributed by atoms with Gasteiger partial charge in [0.1, 0.15) is 36.1 Å². The van der Waals surface area contributed by atoms with Crippen LogP contribution in [0.2, 0.25) is 0 Å². The molecule has 7 N–H and O–H groups in total. The van der Waals surface area contributed by atoms with Crippen molar-refractivity contribution < 1.29 is 54.7 Å². The molecule has 2 heterocycles. The zero-order chi connectivity index (χ0) is 22.3. The Bertz CT molecular complexity index is 495. The second-order valence-electron chi connectivity index (χ2n) is 8.00. The van der Waals surface area contributed by atoms with E-state index in [4.69, 9.17) is 18.9 Å². The summed E-state index contributed by atoms with van der Waals surface area (Å²) < 4.78 is 21.8. The lowest BCUT2D eigenvalue weighted by Crippen LogP contribution is -2.61. The van der Waals surface area contributed by atoms with Crippen LogP contribution in [0.1, 0.15) is 39.0 Å². The molecule has 2 aliphatic heterocycles. The molecule has 0 aliphatic carbocycles. The molecule has 30 heavy (non-hydrogen) atoms. The molecule has 0 amide bonds. The van der Waals surface area contributed by atoms with Gasteiger partial charge in [0.25, 0.3) is 0 Å². The lowest BCUT2D eigenvalue weighted by atomic mass is 9.98. The first-order valence-corrected chi connectivity index (χ1v) is 10.5. The molecule has 0 spiro atoms. The van der Waals surface area contributed by atoms with Gasteiger partial charge in [0.2, 0.25) is 0 Å². The third-order valence-corrected chi connectivity index (χ3v) is 5.57. The van der Waals surface area contributed by atoms with Gasteiger partial charge >= 0.3 is 0 Å². The maximum Gasteiger partial charge on any atom is 0.187 e. The number of unbranched alkanes of at least 4 members (excludes halogenated alkanes) is 2. The summed E-state index contributed by atoms with van der Waals surface area (Å²) in [6.45, 7) is 0.406. The Morgan fingerprint density at radius 2 is 1.80 bits per heavy atom. The summed E-state index contributed by atoms with van der Waals surface area (Å²) >= 11 is 0. The lowest BCUT2D eigenvalue weighted by Gasteiger charge is -2.42. The van der Waals surface area contributed by atoms with Gasteiger partial charge in [-0.25, -0.2) is 0 Å². The number of aliphatic hydroxyl groups is 7. The minimum Gasteiger partial charge on any atom is -0.394 e. The maximum absolute atomic E-state index is 10.5. The van der Waals surface area contributed by atoms with Crippen molar-refractivity contribution in [2.75, 3.05) is 26.4 Å².